The Kier molecular flexibility index (Phi) is 3.60. The maximum Gasteiger partial charge on any atom is 0.390 e. The fourth-order valence-electron chi connectivity index (χ4n) is 1.42. The van der Waals surface area contributed by atoms with E-state index in [9.17, 15) is 13.2 Å². The number of thiazole rings is 1. The van der Waals surface area contributed by atoms with Gasteiger partial charge in [-0.05, 0) is 18.2 Å². The fraction of sp³-hybridized carbons (Fsp3) is 0.364. The maximum absolute atomic E-state index is 12.0. The molecule has 0 aliphatic heterocycles. The van der Waals surface area contributed by atoms with Crippen molar-refractivity contribution < 1.29 is 17.9 Å². The molecule has 1 aromatic heterocycles. The highest BCUT2D eigenvalue weighted by atomic mass is 32.1. The number of rotatable bonds is 4. The number of hydrogen-bond acceptors (Lipinski definition) is 4. The van der Waals surface area contributed by atoms with Crippen molar-refractivity contribution in [3.05, 3.63) is 18.2 Å². The van der Waals surface area contributed by atoms with Crippen LogP contribution in [0.4, 0.5) is 18.3 Å². The summed E-state index contributed by atoms with van der Waals surface area (Å²) in [5.41, 5.74) is 0.746. The van der Waals surface area contributed by atoms with Crippen LogP contribution in [0.5, 0.6) is 5.75 Å². The number of fused-ring (bicyclic) bond motifs is 1. The van der Waals surface area contributed by atoms with Crippen LogP contribution >= 0.6 is 11.3 Å². The molecule has 0 aliphatic rings. The summed E-state index contributed by atoms with van der Waals surface area (Å²) < 4.78 is 41.9. The number of aromatic nitrogens is 1. The van der Waals surface area contributed by atoms with E-state index < -0.39 is 12.6 Å². The fourth-order valence-corrected chi connectivity index (χ4v) is 2.34. The van der Waals surface area contributed by atoms with Crippen LogP contribution in [0.1, 0.15) is 6.42 Å². The Balaban J connectivity index is 2.06. The number of anilines is 1. The molecule has 2 rings (SSSR count). The number of benzene rings is 1. The van der Waals surface area contributed by atoms with Gasteiger partial charge in [0.2, 0.25) is 0 Å². The van der Waals surface area contributed by atoms with Crippen molar-refractivity contribution in [2.24, 2.45) is 0 Å². The van der Waals surface area contributed by atoms with Gasteiger partial charge in [-0.2, -0.15) is 13.2 Å². The Bertz CT molecular complexity index is 539. The van der Waals surface area contributed by atoms with Crippen molar-refractivity contribution in [2.75, 3.05) is 19.0 Å². The first-order chi connectivity index (χ1) is 8.48. The summed E-state index contributed by atoms with van der Waals surface area (Å²) in [5, 5.41) is 3.16. The first-order valence-electron chi connectivity index (χ1n) is 5.23. The molecule has 2 aromatic rings. The average molecular weight is 276 g/mol. The van der Waals surface area contributed by atoms with Gasteiger partial charge in [-0.3, -0.25) is 0 Å². The number of alkyl halides is 3. The molecule has 98 valence electrons. The van der Waals surface area contributed by atoms with Gasteiger partial charge in [-0.1, -0.05) is 11.3 Å². The normalized spacial score (nSPS) is 11.8. The lowest BCUT2D eigenvalue weighted by molar-refractivity contribution is -0.131. The van der Waals surface area contributed by atoms with Crippen molar-refractivity contribution in [1.29, 1.82) is 0 Å². The van der Waals surface area contributed by atoms with Gasteiger partial charge in [0.05, 0.1) is 23.7 Å². The van der Waals surface area contributed by atoms with Crippen LogP contribution in [0.25, 0.3) is 10.2 Å². The zero-order chi connectivity index (χ0) is 13.2. The second kappa shape index (κ2) is 5.01. The smallest absolute Gasteiger partial charge is 0.390 e. The molecular formula is C11H11F3N2OS. The third-order valence-electron chi connectivity index (χ3n) is 2.28. The molecule has 1 aromatic carbocycles. The Morgan fingerprint density at radius 1 is 1.39 bits per heavy atom. The first-order valence-corrected chi connectivity index (χ1v) is 6.05. The molecule has 1 heterocycles. The minimum Gasteiger partial charge on any atom is -0.497 e. The molecule has 0 amide bonds. The summed E-state index contributed by atoms with van der Waals surface area (Å²) in [6.45, 7) is -0.166. The van der Waals surface area contributed by atoms with Crippen molar-refractivity contribution >= 4 is 26.7 Å². The Morgan fingerprint density at radius 3 is 2.83 bits per heavy atom. The molecule has 0 atom stereocenters. The SMILES string of the molecule is COc1ccc2nc(NCCC(F)(F)F)sc2c1. The minimum atomic E-state index is -4.15. The standard InChI is InChI=1S/C11H11F3N2OS/c1-17-7-2-3-8-9(6-7)18-10(16-8)15-5-4-11(12,13)14/h2-3,6H,4-5H2,1H3,(H,15,16). The maximum atomic E-state index is 12.0. The van der Waals surface area contributed by atoms with Gasteiger partial charge in [0, 0.05) is 6.54 Å². The Hall–Kier alpha value is -1.50. The number of nitrogens with one attached hydrogen (secondary N) is 1. The van der Waals surface area contributed by atoms with E-state index in [-0.39, 0.29) is 6.54 Å². The van der Waals surface area contributed by atoms with Gasteiger partial charge in [0.25, 0.3) is 0 Å². The number of methoxy groups -OCH3 is 1. The average Bonchev–Trinajstić information content (AvgIpc) is 2.68. The number of halogens is 3. The lowest BCUT2D eigenvalue weighted by atomic mass is 10.3. The Labute approximate surface area is 106 Å². The van der Waals surface area contributed by atoms with Gasteiger partial charge in [-0.25, -0.2) is 4.98 Å². The molecule has 7 heteroatoms. The van der Waals surface area contributed by atoms with E-state index in [1.807, 2.05) is 6.07 Å². The predicted molar refractivity (Wildman–Crippen MR) is 65.3 cm³/mol. The van der Waals surface area contributed by atoms with Crippen LogP contribution in [0.15, 0.2) is 18.2 Å². The number of ether oxygens (including phenoxy) is 1. The third kappa shape index (κ3) is 3.25. The van der Waals surface area contributed by atoms with Gasteiger partial charge in [-0.15, -0.1) is 0 Å². The number of nitrogens with zero attached hydrogens (tertiary/aromatic N) is 1. The lowest BCUT2D eigenvalue weighted by Crippen LogP contribution is -2.14. The van der Waals surface area contributed by atoms with Crippen LogP contribution in [0.2, 0.25) is 0 Å². The van der Waals surface area contributed by atoms with Crippen molar-refractivity contribution in [2.45, 2.75) is 12.6 Å². The topological polar surface area (TPSA) is 34.1 Å². The van der Waals surface area contributed by atoms with E-state index in [2.05, 4.69) is 10.3 Å². The van der Waals surface area contributed by atoms with E-state index in [1.54, 1.807) is 19.2 Å². The van der Waals surface area contributed by atoms with Gasteiger partial charge < -0.3 is 10.1 Å². The van der Waals surface area contributed by atoms with Crippen molar-refractivity contribution in [1.82, 2.24) is 4.98 Å². The van der Waals surface area contributed by atoms with Gasteiger partial charge >= 0.3 is 6.18 Å². The summed E-state index contributed by atoms with van der Waals surface area (Å²) in [5.74, 6) is 0.702. The van der Waals surface area contributed by atoms with Crippen LogP contribution in [-0.4, -0.2) is 24.8 Å². The summed E-state index contributed by atoms with van der Waals surface area (Å²) in [7, 11) is 1.56. The first kappa shape index (κ1) is 12.9. The zero-order valence-corrected chi connectivity index (χ0v) is 10.4. The summed E-state index contributed by atoms with van der Waals surface area (Å²) >= 11 is 1.31. The monoisotopic (exact) mass is 276 g/mol. The van der Waals surface area contributed by atoms with E-state index in [1.165, 1.54) is 11.3 Å². The summed E-state index contributed by atoms with van der Waals surface area (Å²) in [6, 6.07) is 5.35. The highest BCUT2D eigenvalue weighted by Gasteiger charge is 2.26. The summed E-state index contributed by atoms with van der Waals surface area (Å²) in [4.78, 5) is 4.19. The molecule has 0 unspecified atom stereocenters. The van der Waals surface area contributed by atoms with E-state index in [0.29, 0.717) is 10.9 Å². The quantitative estimate of drug-likeness (QED) is 0.925. The minimum absolute atomic E-state index is 0.166. The van der Waals surface area contributed by atoms with Crippen molar-refractivity contribution in [3.63, 3.8) is 0 Å². The largest absolute Gasteiger partial charge is 0.497 e. The van der Waals surface area contributed by atoms with E-state index in [4.69, 9.17) is 4.74 Å². The predicted octanol–water partition coefficient (Wildman–Crippen LogP) is 3.67. The zero-order valence-electron chi connectivity index (χ0n) is 9.54. The van der Waals surface area contributed by atoms with E-state index >= 15 is 0 Å². The van der Waals surface area contributed by atoms with Crippen LogP contribution in [-0.2, 0) is 0 Å². The molecule has 0 aliphatic carbocycles. The molecule has 0 radical (unpaired) electrons. The second-order valence-corrected chi connectivity index (χ2v) is 4.68. The molecule has 0 spiro atoms. The molecule has 18 heavy (non-hydrogen) atoms. The second-order valence-electron chi connectivity index (χ2n) is 3.64. The van der Waals surface area contributed by atoms with E-state index in [0.717, 1.165) is 10.2 Å². The van der Waals surface area contributed by atoms with Crippen LogP contribution in [0, 0.1) is 0 Å². The van der Waals surface area contributed by atoms with Crippen molar-refractivity contribution in [3.8, 4) is 5.75 Å². The molecular weight excluding hydrogens is 265 g/mol. The number of hydrogen-bond donors (Lipinski definition) is 1. The molecule has 3 nitrogen and oxygen atoms in total. The summed E-state index contributed by atoms with van der Waals surface area (Å²) in [6.07, 6.45) is -5.01. The highest BCUT2D eigenvalue weighted by molar-refractivity contribution is 7.22. The Morgan fingerprint density at radius 2 is 2.17 bits per heavy atom. The molecule has 1 N–H and O–H groups in total. The van der Waals surface area contributed by atoms with Crippen LogP contribution < -0.4 is 10.1 Å². The van der Waals surface area contributed by atoms with Crippen LogP contribution in [0.3, 0.4) is 0 Å². The molecule has 0 saturated carbocycles. The lowest BCUT2D eigenvalue weighted by Gasteiger charge is -2.05. The molecule has 0 fully saturated rings. The van der Waals surface area contributed by atoms with Gasteiger partial charge in [0.15, 0.2) is 5.13 Å². The third-order valence-corrected chi connectivity index (χ3v) is 3.26. The highest BCUT2D eigenvalue weighted by Crippen LogP contribution is 2.29. The van der Waals surface area contributed by atoms with Gasteiger partial charge in [0.1, 0.15) is 5.75 Å². The molecule has 0 saturated heterocycles. The molecule has 0 bridgehead atoms.